The van der Waals surface area contributed by atoms with Crippen LogP contribution in [0.25, 0.3) is 0 Å². The lowest BCUT2D eigenvalue weighted by molar-refractivity contribution is -0.132. The average Bonchev–Trinajstić information content (AvgIpc) is 2.86. The van der Waals surface area contributed by atoms with Gasteiger partial charge in [-0.3, -0.25) is 4.79 Å². The van der Waals surface area contributed by atoms with Gasteiger partial charge in [-0.1, -0.05) is 12.1 Å². The first-order chi connectivity index (χ1) is 9.49. The molecular weight excluding hydrogens is 254 g/mol. The number of rotatable bonds is 2. The van der Waals surface area contributed by atoms with Crippen molar-refractivity contribution in [2.75, 3.05) is 26.0 Å². The van der Waals surface area contributed by atoms with Gasteiger partial charge in [-0.15, -0.1) is 0 Å². The van der Waals surface area contributed by atoms with Crippen LogP contribution >= 0.6 is 0 Å². The lowest BCUT2D eigenvalue weighted by atomic mass is 10.2. The molecular formula is C15H21N3O2. The Balaban J connectivity index is 2.06. The number of benzene rings is 1. The van der Waals surface area contributed by atoms with Crippen LogP contribution in [0.4, 0.5) is 10.5 Å². The number of anilines is 1. The van der Waals surface area contributed by atoms with Gasteiger partial charge in [0.1, 0.15) is 6.04 Å². The van der Waals surface area contributed by atoms with Gasteiger partial charge in [0.2, 0.25) is 5.91 Å². The van der Waals surface area contributed by atoms with Crippen molar-refractivity contribution in [2.24, 2.45) is 0 Å². The fraction of sp³-hybridized carbons (Fsp3) is 0.467. The average molecular weight is 275 g/mol. The molecule has 0 aromatic heterocycles. The second-order valence-corrected chi connectivity index (χ2v) is 5.38. The van der Waals surface area contributed by atoms with E-state index < -0.39 is 0 Å². The summed E-state index contributed by atoms with van der Waals surface area (Å²) in [5.74, 6) is -0.0121. The Labute approximate surface area is 119 Å². The molecule has 1 aromatic rings. The van der Waals surface area contributed by atoms with E-state index in [1.165, 1.54) is 0 Å². The van der Waals surface area contributed by atoms with Crippen molar-refractivity contribution in [3.05, 3.63) is 29.8 Å². The first-order valence-electron chi connectivity index (χ1n) is 6.84. The Morgan fingerprint density at radius 2 is 2.10 bits per heavy atom. The maximum atomic E-state index is 12.3. The Morgan fingerprint density at radius 3 is 2.75 bits per heavy atom. The summed E-state index contributed by atoms with van der Waals surface area (Å²) in [4.78, 5) is 27.6. The zero-order valence-corrected chi connectivity index (χ0v) is 12.2. The molecule has 5 nitrogen and oxygen atoms in total. The number of carbonyl (C=O) groups is 2. The van der Waals surface area contributed by atoms with E-state index in [2.05, 4.69) is 5.32 Å². The molecule has 0 radical (unpaired) electrons. The van der Waals surface area contributed by atoms with Crippen molar-refractivity contribution in [1.82, 2.24) is 9.80 Å². The summed E-state index contributed by atoms with van der Waals surface area (Å²) < 4.78 is 0. The summed E-state index contributed by atoms with van der Waals surface area (Å²) >= 11 is 0. The molecule has 0 aliphatic carbocycles. The predicted octanol–water partition coefficient (Wildman–Crippen LogP) is 2.08. The highest BCUT2D eigenvalue weighted by Gasteiger charge is 2.34. The number of urea groups is 1. The van der Waals surface area contributed by atoms with E-state index in [-0.39, 0.29) is 18.0 Å². The van der Waals surface area contributed by atoms with Crippen LogP contribution in [0.5, 0.6) is 0 Å². The largest absolute Gasteiger partial charge is 0.347 e. The van der Waals surface area contributed by atoms with Crippen LogP contribution in [0.1, 0.15) is 18.4 Å². The third-order valence-corrected chi connectivity index (χ3v) is 3.51. The standard InChI is InChI=1S/C15H21N3O2/c1-11-6-4-7-12(10-11)16-15(20)18-9-5-8-13(18)14(19)17(2)3/h4,6-7,10,13H,5,8-9H2,1-3H3,(H,16,20)/t13-/m1/s1. The molecule has 5 heteroatoms. The molecule has 2 rings (SSSR count). The zero-order valence-electron chi connectivity index (χ0n) is 12.2. The molecule has 1 fully saturated rings. The second-order valence-electron chi connectivity index (χ2n) is 5.38. The molecule has 1 aromatic carbocycles. The van der Waals surface area contributed by atoms with Gasteiger partial charge in [-0.2, -0.15) is 0 Å². The maximum Gasteiger partial charge on any atom is 0.322 e. The molecule has 0 bridgehead atoms. The number of nitrogens with zero attached hydrogens (tertiary/aromatic N) is 2. The van der Waals surface area contributed by atoms with Crippen molar-refractivity contribution in [3.8, 4) is 0 Å². The SMILES string of the molecule is Cc1cccc(NC(=O)N2CCC[C@@H]2C(=O)N(C)C)c1. The third kappa shape index (κ3) is 3.10. The molecule has 1 aliphatic rings. The fourth-order valence-corrected chi connectivity index (χ4v) is 2.48. The van der Waals surface area contributed by atoms with E-state index in [9.17, 15) is 9.59 Å². The van der Waals surface area contributed by atoms with Gasteiger partial charge in [0.25, 0.3) is 0 Å². The van der Waals surface area contributed by atoms with E-state index in [4.69, 9.17) is 0 Å². The lowest BCUT2D eigenvalue weighted by Gasteiger charge is -2.26. The van der Waals surface area contributed by atoms with Crippen molar-refractivity contribution in [1.29, 1.82) is 0 Å². The molecule has 1 heterocycles. The molecule has 1 saturated heterocycles. The highest BCUT2D eigenvalue weighted by molar-refractivity contribution is 5.94. The first kappa shape index (κ1) is 14.4. The van der Waals surface area contributed by atoms with E-state index in [0.29, 0.717) is 6.54 Å². The summed E-state index contributed by atoms with van der Waals surface area (Å²) in [5.41, 5.74) is 1.85. The highest BCUT2D eigenvalue weighted by Crippen LogP contribution is 2.20. The number of likely N-dealkylation sites (tertiary alicyclic amines) is 1. The summed E-state index contributed by atoms with van der Waals surface area (Å²) in [6, 6.07) is 7.10. The van der Waals surface area contributed by atoms with Gasteiger partial charge in [0.05, 0.1) is 0 Å². The van der Waals surface area contributed by atoms with E-state index >= 15 is 0 Å². The van der Waals surface area contributed by atoms with Gasteiger partial charge in [-0.05, 0) is 37.5 Å². The van der Waals surface area contributed by atoms with Gasteiger partial charge in [-0.25, -0.2) is 4.79 Å². The van der Waals surface area contributed by atoms with Crippen LogP contribution in [-0.2, 0) is 4.79 Å². The normalized spacial score (nSPS) is 17.9. The van der Waals surface area contributed by atoms with Crippen molar-refractivity contribution < 1.29 is 9.59 Å². The van der Waals surface area contributed by atoms with Crippen molar-refractivity contribution in [2.45, 2.75) is 25.8 Å². The quantitative estimate of drug-likeness (QED) is 0.898. The van der Waals surface area contributed by atoms with Gasteiger partial charge < -0.3 is 15.1 Å². The van der Waals surface area contributed by atoms with Gasteiger partial charge in [0.15, 0.2) is 0 Å². The minimum Gasteiger partial charge on any atom is -0.347 e. The summed E-state index contributed by atoms with van der Waals surface area (Å²) in [5, 5.41) is 2.86. The number of nitrogens with one attached hydrogen (secondary N) is 1. The van der Waals surface area contributed by atoms with E-state index in [1.54, 1.807) is 23.9 Å². The molecule has 20 heavy (non-hydrogen) atoms. The molecule has 1 aliphatic heterocycles. The molecule has 0 saturated carbocycles. The number of hydrogen-bond acceptors (Lipinski definition) is 2. The highest BCUT2D eigenvalue weighted by atomic mass is 16.2. The monoisotopic (exact) mass is 275 g/mol. The van der Waals surface area contributed by atoms with E-state index in [1.807, 2.05) is 31.2 Å². The van der Waals surface area contributed by atoms with Crippen LogP contribution in [0.2, 0.25) is 0 Å². The van der Waals surface area contributed by atoms with Crippen LogP contribution in [0.15, 0.2) is 24.3 Å². The molecule has 1 atom stereocenters. The predicted molar refractivity (Wildman–Crippen MR) is 78.6 cm³/mol. The number of carbonyl (C=O) groups excluding carboxylic acids is 2. The summed E-state index contributed by atoms with van der Waals surface area (Å²) in [6.45, 7) is 2.60. The summed E-state index contributed by atoms with van der Waals surface area (Å²) in [7, 11) is 3.44. The molecule has 0 spiro atoms. The van der Waals surface area contributed by atoms with Gasteiger partial charge in [0, 0.05) is 26.3 Å². The smallest absolute Gasteiger partial charge is 0.322 e. The molecule has 3 amide bonds. The van der Waals surface area contributed by atoms with Crippen molar-refractivity contribution in [3.63, 3.8) is 0 Å². The van der Waals surface area contributed by atoms with Crippen molar-refractivity contribution >= 4 is 17.6 Å². The number of amides is 3. The van der Waals surface area contributed by atoms with E-state index in [0.717, 1.165) is 24.1 Å². The summed E-state index contributed by atoms with van der Waals surface area (Å²) in [6.07, 6.45) is 1.60. The number of likely N-dealkylation sites (N-methyl/N-ethyl adjacent to an activating group) is 1. The van der Waals surface area contributed by atoms with Crippen LogP contribution in [0, 0.1) is 6.92 Å². The minimum absolute atomic E-state index is 0.0121. The Hall–Kier alpha value is -2.04. The van der Waals surface area contributed by atoms with Crippen LogP contribution in [-0.4, -0.2) is 48.4 Å². The second kappa shape index (κ2) is 5.94. The fourth-order valence-electron chi connectivity index (χ4n) is 2.48. The Kier molecular flexibility index (Phi) is 4.27. The lowest BCUT2D eigenvalue weighted by Crippen LogP contribution is -2.47. The zero-order chi connectivity index (χ0) is 14.7. The minimum atomic E-state index is -0.338. The molecule has 0 unspecified atom stereocenters. The Bertz CT molecular complexity index is 514. The molecule has 108 valence electrons. The maximum absolute atomic E-state index is 12.3. The van der Waals surface area contributed by atoms with Crippen LogP contribution in [0.3, 0.4) is 0 Å². The third-order valence-electron chi connectivity index (χ3n) is 3.51. The first-order valence-corrected chi connectivity index (χ1v) is 6.84. The van der Waals surface area contributed by atoms with Crippen LogP contribution < -0.4 is 5.32 Å². The number of aryl methyl sites for hydroxylation is 1. The molecule has 1 N–H and O–H groups in total. The van der Waals surface area contributed by atoms with Gasteiger partial charge >= 0.3 is 6.03 Å². The topological polar surface area (TPSA) is 52.7 Å². The number of hydrogen-bond donors (Lipinski definition) is 1. The Morgan fingerprint density at radius 1 is 1.35 bits per heavy atom.